The minimum Gasteiger partial charge on any atom is -0.398 e. The van der Waals surface area contributed by atoms with Crippen molar-refractivity contribution >= 4 is 29.3 Å². The van der Waals surface area contributed by atoms with Crippen LogP contribution in [-0.2, 0) is 11.3 Å². The van der Waals surface area contributed by atoms with Gasteiger partial charge in [-0.05, 0) is 48.4 Å². The third-order valence-corrected chi connectivity index (χ3v) is 5.00. The van der Waals surface area contributed by atoms with Crippen molar-refractivity contribution in [2.45, 2.75) is 19.5 Å². The molecular formula is C21H23ClFN3O. The number of piperazine rings is 1. The fourth-order valence-electron chi connectivity index (χ4n) is 3.31. The molecule has 2 aromatic rings. The molecule has 1 aliphatic rings. The van der Waals surface area contributed by atoms with Crippen LogP contribution in [0.3, 0.4) is 0 Å². The van der Waals surface area contributed by atoms with Gasteiger partial charge in [-0.25, -0.2) is 4.39 Å². The molecule has 0 aromatic heterocycles. The molecule has 1 atom stereocenters. The summed E-state index contributed by atoms with van der Waals surface area (Å²) in [5, 5.41) is 0.571. The summed E-state index contributed by atoms with van der Waals surface area (Å²) < 4.78 is 13.0. The topological polar surface area (TPSA) is 49.6 Å². The highest BCUT2D eigenvalue weighted by molar-refractivity contribution is 6.30. The van der Waals surface area contributed by atoms with Crippen molar-refractivity contribution in [1.82, 2.24) is 9.80 Å². The number of carbonyl (C=O) groups is 1. The van der Waals surface area contributed by atoms with E-state index in [1.54, 1.807) is 42.5 Å². The number of hydrogen-bond donors (Lipinski definition) is 1. The Hall–Kier alpha value is -2.37. The Labute approximate surface area is 164 Å². The number of nitrogens with zero attached hydrogens (tertiary/aromatic N) is 2. The maximum atomic E-state index is 13.0. The summed E-state index contributed by atoms with van der Waals surface area (Å²) in [6.45, 7) is 5.01. The number of anilines is 1. The van der Waals surface area contributed by atoms with Gasteiger partial charge in [0, 0.05) is 49.0 Å². The summed E-state index contributed by atoms with van der Waals surface area (Å²) in [5.41, 5.74) is 8.31. The quantitative estimate of drug-likeness (QED) is 0.641. The molecule has 2 aromatic carbocycles. The molecule has 2 N–H and O–H groups in total. The fraction of sp³-hybridized carbons (Fsp3) is 0.286. The predicted octanol–water partition coefficient (Wildman–Crippen LogP) is 3.81. The van der Waals surface area contributed by atoms with Crippen LogP contribution in [0, 0.1) is 5.82 Å². The molecule has 142 valence electrons. The van der Waals surface area contributed by atoms with Gasteiger partial charge in [-0.3, -0.25) is 9.69 Å². The van der Waals surface area contributed by atoms with Crippen molar-refractivity contribution < 1.29 is 9.18 Å². The monoisotopic (exact) mass is 387 g/mol. The van der Waals surface area contributed by atoms with Crippen LogP contribution in [0.2, 0.25) is 5.02 Å². The first-order chi connectivity index (χ1) is 12.9. The largest absolute Gasteiger partial charge is 0.398 e. The van der Waals surface area contributed by atoms with Crippen LogP contribution in [0.15, 0.2) is 48.5 Å². The number of hydrogen-bond acceptors (Lipinski definition) is 3. The Morgan fingerprint density at radius 1 is 1.26 bits per heavy atom. The Balaban J connectivity index is 1.57. The van der Waals surface area contributed by atoms with Gasteiger partial charge in [-0.1, -0.05) is 29.8 Å². The second kappa shape index (κ2) is 8.55. The second-order valence-electron chi connectivity index (χ2n) is 6.85. The minimum absolute atomic E-state index is 0.0294. The van der Waals surface area contributed by atoms with E-state index in [0.717, 1.165) is 30.8 Å². The lowest BCUT2D eigenvalue weighted by atomic mass is 10.1. The summed E-state index contributed by atoms with van der Waals surface area (Å²) in [6.07, 6.45) is 3.29. The van der Waals surface area contributed by atoms with Crippen molar-refractivity contribution in [2.75, 3.05) is 25.4 Å². The van der Waals surface area contributed by atoms with E-state index in [2.05, 4.69) is 4.90 Å². The Bertz CT molecular complexity index is 838. The maximum Gasteiger partial charge on any atom is 0.246 e. The molecule has 1 amide bonds. The molecule has 3 rings (SSSR count). The van der Waals surface area contributed by atoms with Crippen molar-refractivity contribution in [3.05, 3.63) is 70.5 Å². The third-order valence-electron chi connectivity index (χ3n) is 4.77. The van der Waals surface area contributed by atoms with Crippen LogP contribution in [0.25, 0.3) is 6.08 Å². The third kappa shape index (κ3) is 5.08. The Morgan fingerprint density at radius 3 is 2.67 bits per heavy atom. The first-order valence-electron chi connectivity index (χ1n) is 8.93. The van der Waals surface area contributed by atoms with Crippen LogP contribution in [-0.4, -0.2) is 41.4 Å². The number of nitrogens with two attached hydrogens (primary N) is 1. The fourth-order valence-corrected chi connectivity index (χ4v) is 3.49. The van der Waals surface area contributed by atoms with Gasteiger partial charge in [0.05, 0.1) is 0 Å². The van der Waals surface area contributed by atoms with Crippen molar-refractivity contribution in [3.8, 4) is 0 Å². The van der Waals surface area contributed by atoms with Crippen LogP contribution >= 0.6 is 11.6 Å². The molecular weight excluding hydrogens is 365 g/mol. The van der Waals surface area contributed by atoms with E-state index in [1.165, 1.54) is 12.1 Å². The number of carbonyl (C=O) groups excluding carboxylic acids is 1. The summed E-state index contributed by atoms with van der Waals surface area (Å²) in [6, 6.07) is 11.9. The van der Waals surface area contributed by atoms with Gasteiger partial charge < -0.3 is 10.6 Å². The first-order valence-corrected chi connectivity index (χ1v) is 9.30. The molecule has 27 heavy (non-hydrogen) atoms. The van der Waals surface area contributed by atoms with Gasteiger partial charge in [0.1, 0.15) is 5.82 Å². The van der Waals surface area contributed by atoms with Crippen molar-refractivity contribution in [1.29, 1.82) is 0 Å². The summed E-state index contributed by atoms with van der Waals surface area (Å²) in [5.74, 6) is -0.256. The molecule has 0 radical (unpaired) electrons. The molecule has 4 nitrogen and oxygen atoms in total. The minimum atomic E-state index is -0.226. The number of amides is 1. The molecule has 0 unspecified atom stereocenters. The highest BCUT2D eigenvalue weighted by Crippen LogP contribution is 2.20. The van der Waals surface area contributed by atoms with Crippen molar-refractivity contribution in [3.63, 3.8) is 0 Å². The SMILES string of the molecule is C[C@H]1CN(Cc2ccc(F)cc2)CCN1C(=O)C=Cc1ccc(Cl)cc1N. The smallest absolute Gasteiger partial charge is 0.246 e. The molecule has 0 bridgehead atoms. The van der Waals surface area contributed by atoms with Crippen LogP contribution in [0.5, 0.6) is 0 Å². The summed E-state index contributed by atoms with van der Waals surface area (Å²) in [7, 11) is 0. The average molecular weight is 388 g/mol. The van der Waals surface area contributed by atoms with Gasteiger partial charge in [-0.2, -0.15) is 0 Å². The zero-order chi connectivity index (χ0) is 19.4. The van der Waals surface area contributed by atoms with Crippen LogP contribution in [0.1, 0.15) is 18.1 Å². The molecule has 1 heterocycles. The lowest BCUT2D eigenvalue weighted by Crippen LogP contribution is -2.53. The second-order valence-corrected chi connectivity index (χ2v) is 7.29. The van der Waals surface area contributed by atoms with E-state index in [1.807, 2.05) is 11.8 Å². The number of benzene rings is 2. The standard InChI is InChI=1S/C21H23ClFN3O/c1-15-13-25(14-16-2-7-19(23)8-3-16)10-11-26(15)21(27)9-5-17-4-6-18(22)12-20(17)24/h2-9,12,15H,10-11,13-14,24H2,1H3/t15-/m0/s1. The first kappa shape index (κ1) is 19.4. The van der Waals surface area contributed by atoms with Crippen LogP contribution in [0.4, 0.5) is 10.1 Å². The zero-order valence-electron chi connectivity index (χ0n) is 15.2. The highest BCUT2D eigenvalue weighted by atomic mass is 35.5. The molecule has 1 fully saturated rings. The van der Waals surface area contributed by atoms with Gasteiger partial charge in [-0.15, -0.1) is 0 Å². The normalized spacial score (nSPS) is 18.2. The highest BCUT2D eigenvalue weighted by Gasteiger charge is 2.26. The van der Waals surface area contributed by atoms with Gasteiger partial charge in [0.2, 0.25) is 5.91 Å². The zero-order valence-corrected chi connectivity index (χ0v) is 16.0. The molecule has 0 saturated carbocycles. The van der Waals surface area contributed by atoms with E-state index >= 15 is 0 Å². The molecule has 1 saturated heterocycles. The van der Waals surface area contributed by atoms with E-state index in [-0.39, 0.29) is 17.8 Å². The predicted molar refractivity (Wildman–Crippen MR) is 108 cm³/mol. The van der Waals surface area contributed by atoms with E-state index in [9.17, 15) is 9.18 Å². The lowest BCUT2D eigenvalue weighted by molar-refractivity contribution is -0.130. The lowest BCUT2D eigenvalue weighted by Gasteiger charge is -2.39. The van der Waals surface area contributed by atoms with Gasteiger partial charge in [0.25, 0.3) is 0 Å². The maximum absolute atomic E-state index is 13.0. The van der Waals surface area contributed by atoms with Crippen LogP contribution < -0.4 is 5.73 Å². The summed E-state index contributed by atoms with van der Waals surface area (Å²) in [4.78, 5) is 16.7. The number of nitrogen functional groups attached to an aromatic ring is 1. The molecule has 0 spiro atoms. The van der Waals surface area contributed by atoms with Gasteiger partial charge in [0.15, 0.2) is 0 Å². The number of rotatable bonds is 4. The van der Waals surface area contributed by atoms with E-state index in [0.29, 0.717) is 17.3 Å². The molecule has 6 heteroatoms. The van der Waals surface area contributed by atoms with E-state index in [4.69, 9.17) is 17.3 Å². The average Bonchev–Trinajstić information content (AvgIpc) is 2.63. The van der Waals surface area contributed by atoms with E-state index < -0.39 is 0 Å². The Kier molecular flexibility index (Phi) is 6.14. The number of halogens is 2. The van der Waals surface area contributed by atoms with Crippen molar-refractivity contribution in [2.24, 2.45) is 0 Å². The molecule has 0 aliphatic carbocycles. The van der Waals surface area contributed by atoms with Gasteiger partial charge >= 0.3 is 0 Å². The Morgan fingerprint density at radius 2 is 2.00 bits per heavy atom. The summed E-state index contributed by atoms with van der Waals surface area (Å²) >= 11 is 5.90. The molecule has 1 aliphatic heterocycles.